The largest absolute Gasteiger partial charge is 0.390 e. The first-order chi connectivity index (χ1) is 7.19. The van der Waals surface area contributed by atoms with E-state index in [1.807, 2.05) is 0 Å². The average Bonchev–Trinajstić information content (AvgIpc) is 2.57. The van der Waals surface area contributed by atoms with E-state index in [9.17, 15) is 4.79 Å². The van der Waals surface area contributed by atoms with Gasteiger partial charge in [-0.05, 0) is 0 Å². The van der Waals surface area contributed by atoms with Crippen LogP contribution in [0.2, 0.25) is 0 Å². The maximum absolute atomic E-state index is 10.9. The molecular weight excluding hydrogens is 196 g/mol. The molecule has 0 atom stereocenters. The summed E-state index contributed by atoms with van der Waals surface area (Å²) in [7, 11) is 0. The second-order valence-electron chi connectivity index (χ2n) is 3.88. The molecule has 2 heterocycles. The molecule has 0 saturated carbocycles. The lowest BCUT2D eigenvalue weighted by atomic mass is 10.0. The second-order valence-corrected chi connectivity index (χ2v) is 3.88. The van der Waals surface area contributed by atoms with Crippen molar-refractivity contribution in [3.63, 3.8) is 0 Å². The molecule has 6 heteroatoms. The normalized spacial score (nSPS) is 16.5. The van der Waals surface area contributed by atoms with Crippen LogP contribution >= 0.6 is 0 Å². The standard InChI is InChI=1S/C9H14N4O2/c1-7(15)12-2-8(3-12)4-13-5-9(6-14)10-11-13/h5,8,14H,2-4,6H2,1H3. The zero-order chi connectivity index (χ0) is 10.8. The summed E-state index contributed by atoms with van der Waals surface area (Å²) in [5.74, 6) is 0.586. The molecular formula is C9H14N4O2. The van der Waals surface area contributed by atoms with Gasteiger partial charge >= 0.3 is 0 Å². The number of nitrogens with zero attached hydrogens (tertiary/aromatic N) is 4. The third-order valence-corrected chi connectivity index (χ3v) is 2.60. The summed E-state index contributed by atoms with van der Waals surface area (Å²) < 4.78 is 1.72. The average molecular weight is 210 g/mol. The van der Waals surface area contributed by atoms with Crippen molar-refractivity contribution >= 4 is 5.91 Å². The molecule has 0 unspecified atom stereocenters. The summed E-state index contributed by atoms with van der Waals surface area (Å²) in [6.07, 6.45) is 1.73. The van der Waals surface area contributed by atoms with Crippen LogP contribution in [-0.2, 0) is 17.9 Å². The molecule has 6 nitrogen and oxygen atoms in total. The topological polar surface area (TPSA) is 71.2 Å². The van der Waals surface area contributed by atoms with Crippen LogP contribution in [0.4, 0.5) is 0 Å². The maximum Gasteiger partial charge on any atom is 0.219 e. The van der Waals surface area contributed by atoms with Crippen molar-refractivity contribution in [2.24, 2.45) is 5.92 Å². The van der Waals surface area contributed by atoms with E-state index in [2.05, 4.69) is 10.3 Å². The van der Waals surface area contributed by atoms with E-state index in [4.69, 9.17) is 5.11 Å². The lowest BCUT2D eigenvalue weighted by Crippen LogP contribution is -2.50. The van der Waals surface area contributed by atoms with Gasteiger partial charge in [0.1, 0.15) is 5.69 Å². The first kappa shape index (κ1) is 10.1. The van der Waals surface area contributed by atoms with Crippen molar-refractivity contribution in [3.8, 4) is 0 Å². The molecule has 0 aromatic carbocycles. The van der Waals surface area contributed by atoms with Gasteiger partial charge in [0.25, 0.3) is 0 Å². The fraction of sp³-hybridized carbons (Fsp3) is 0.667. The van der Waals surface area contributed by atoms with Crippen LogP contribution in [0, 0.1) is 5.92 Å². The first-order valence-electron chi connectivity index (χ1n) is 4.94. The monoisotopic (exact) mass is 210 g/mol. The number of hydrogen-bond donors (Lipinski definition) is 1. The molecule has 1 aromatic rings. The lowest BCUT2D eigenvalue weighted by Gasteiger charge is -2.38. The summed E-state index contributed by atoms with van der Waals surface area (Å²) in [5.41, 5.74) is 0.581. The van der Waals surface area contributed by atoms with Crippen LogP contribution in [0.25, 0.3) is 0 Å². The number of carbonyl (C=O) groups excluding carboxylic acids is 1. The van der Waals surface area contributed by atoms with E-state index in [1.54, 1.807) is 22.7 Å². The highest BCUT2D eigenvalue weighted by atomic mass is 16.3. The second kappa shape index (κ2) is 3.98. The third kappa shape index (κ3) is 2.15. The van der Waals surface area contributed by atoms with Crippen molar-refractivity contribution in [2.45, 2.75) is 20.1 Å². The van der Waals surface area contributed by atoms with Gasteiger partial charge in [-0.2, -0.15) is 0 Å². The van der Waals surface area contributed by atoms with Gasteiger partial charge in [0.15, 0.2) is 0 Å². The van der Waals surface area contributed by atoms with Gasteiger partial charge in [0, 0.05) is 32.5 Å². The molecule has 15 heavy (non-hydrogen) atoms. The minimum atomic E-state index is -0.0791. The van der Waals surface area contributed by atoms with Gasteiger partial charge in [-0.25, -0.2) is 0 Å². The third-order valence-electron chi connectivity index (χ3n) is 2.60. The van der Waals surface area contributed by atoms with E-state index >= 15 is 0 Å². The minimum absolute atomic E-state index is 0.0791. The fourth-order valence-corrected chi connectivity index (χ4v) is 1.71. The highest BCUT2D eigenvalue weighted by Crippen LogP contribution is 2.16. The van der Waals surface area contributed by atoms with E-state index in [-0.39, 0.29) is 12.5 Å². The predicted octanol–water partition coefficient (Wildman–Crippen LogP) is -0.751. The number of hydrogen-bond acceptors (Lipinski definition) is 4. The molecule has 1 saturated heterocycles. The molecule has 1 aliphatic rings. The van der Waals surface area contributed by atoms with Gasteiger partial charge < -0.3 is 10.0 Å². The Hall–Kier alpha value is -1.43. The Labute approximate surface area is 87.5 Å². The summed E-state index contributed by atoms with van der Waals surface area (Å²) >= 11 is 0. The minimum Gasteiger partial charge on any atom is -0.390 e. The summed E-state index contributed by atoms with van der Waals surface area (Å²) in [6, 6.07) is 0. The van der Waals surface area contributed by atoms with E-state index in [1.165, 1.54) is 0 Å². The fourth-order valence-electron chi connectivity index (χ4n) is 1.71. The van der Waals surface area contributed by atoms with Crippen LogP contribution in [0.15, 0.2) is 6.20 Å². The van der Waals surface area contributed by atoms with Crippen LogP contribution in [-0.4, -0.2) is 44.0 Å². The number of aliphatic hydroxyl groups excluding tert-OH is 1. The number of aliphatic hydroxyl groups is 1. The Morgan fingerprint density at radius 3 is 2.93 bits per heavy atom. The molecule has 0 radical (unpaired) electrons. The zero-order valence-corrected chi connectivity index (χ0v) is 8.63. The number of amides is 1. The predicted molar refractivity (Wildman–Crippen MR) is 51.7 cm³/mol. The Balaban J connectivity index is 1.82. The number of rotatable bonds is 3. The van der Waals surface area contributed by atoms with Crippen molar-refractivity contribution < 1.29 is 9.90 Å². The zero-order valence-electron chi connectivity index (χ0n) is 8.63. The molecule has 82 valence electrons. The van der Waals surface area contributed by atoms with Crippen LogP contribution in [0.5, 0.6) is 0 Å². The van der Waals surface area contributed by atoms with Crippen molar-refractivity contribution in [1.82, 2.24) is 19.9 Å². The van der Waals surface area contributed by atoms with Gasteiger partial charge in [0.05, 0.1) is 12.8 Å². The molecule has 2 rings (SSSR count). The van der Waals surface area contributed by atoms with E-state index < -0.39 is 0 Å². The summed E-state index contributed by atoms with van der Waals surface area (Å²) in [5, 5.41) is 16.5. The number of aromatic nitrogens is 3. The van der Waals surface area contributed by atoms with Crippen LogP contribution in [0.1, 0.15) is 12.6 Å². The molecule has 0 spiro atoms. The first-order valence-corrected chi connectivity index (χ1v) is 4.94. The van der Waals surface area contributed by atoms with Crippen LogP contribution in [0.3, 0.4) is 0 Å². The summed E-state index contributed by atoms with van der Waals surface area (Å²) in [4.78, 5) is 12.7. The molecule has 1 aliphatic heterocycles. The molecule has 1 aromatic heterocycles. The Morgan fingerprint density at radius 2 is 2.40 bits per heavy atom. The quantitative estimate of drug-likeness (QED) is 0.712. The van der Waals surface area contributed by atoms with Crippen molar-refractivity contribution in [1.29, 1.82) is 0 Å². The van der Waals surface area contributed by atoms with Gasteiger partial charge in [-0.15, -0.1) is 5.10 Å². The maximum atomic E-state index is 10.9. The molecule has 0 aliphatic carbocycles. The highest BCUT2D eigenvalue weighted by Gasteiger charge is 2.28. The van der Waals surface area contributed by atoms with Crippen molar-refractivity contribution in [3.05, 3.63) is 11.9 Å². The Morgan fingerprint density at radius 1 is 1.67 bits per heavy atom. The van der Waals surface area contributed by atoms with Crippen LogP contribution < -0.4 is 0 Å². The molecule has 1 amide bonds. The SMILES string of the molecule is CC(=O)N1CC(Cn2cc(CO)nn2)C1. The Kier molecular flexibility index (Phi) is 2.68. The van der Waals surface area contributed by atoms with Gasteiger partial charge in [-0.1, -0.05) is 5.21 Å². The summed E-state index contributed by atoms with van der Waals surface area (Å²) in [6.45, 7) is 3.85. The van der Waals surface area contributed by atoms with Crippen molar-refractivity contribution in [2.75, 3.05) is 13.1 Å². The Bertz CT molecular complexity index is 357. The molecule has 1 fully saturated rings. The highest BCUT2D eigenvalue weighted by molar-refractivity contribution is 5.74. The lowest BCUT2D eigenvalue weighted by molar-refractivity contribution is -0.135. The van der Waals surface area contributed by atoms with E-state index in [0.29, 0.717) is 11.6 Å². The molecule has 0 bridgehead atoms. The molecule has 1 N–H and O–H groups in total. The smallest absolute Gasteiger partial charge is 0.219 e. The number of likely N-dealkylation sites (tertiary alicyclic amines) is 1. The van der Waals surface area contributed by atoms with Gasteiger partial charge in [0.2, 0.25) is 5.91 Å². The number of carbonyl (C=O) groups is 1. The van der Waals surface area contributed by atoms with E-state index in [0.717, 1.165) is 19.6 Å². The van der Waals surface area contributed by atoms with Gasteiger partial charge in [-0.3, -0.25) is 9.48 Å².